The van der Waals surface area contributed by atoms with Gasteiger partial charge in [0, 0.05) is 21.4 Å². The SMILES string of the molecule is O=S1CCC[C@@H]1Sc1ccccc1. The molecule has 0 aliphatic carbocycles. The second kappa shape index (κ2) is 4.29. The summed E-state index contributed by atoms with van der Waals surface area (Å²) in [6.07, 6.45) is 2.23. The Hall–Kier alpha value is -0.280. The standard InChI is InChI=1S/C10H12OS2/c11-13-8-4-7-10(13)12-9-5-2-1-3-6-9/h1-3,5-6,10H,4,7-8H2/t10-,13?/m1/s1. The Balaban J connectivity index is 2.02. The van der Waals surface area contributed by atoms with E-state index in [1.807, 2.05) is 18.2 Å². The molecule has 1 aliphatic heterocycles. The minimum atomic E-state index is -0.598. The van der Waals surface area contributed by atoms with Crippen molar-refractivity contribution < 1.29 is 4.21 Å². The number of rotatable bonds is 2. The summed E-state index contributed by atoms with van der Waals surface area (Å²) >= 11 is 1.76. The highest BCUT2D eigenvalue weighted by atomic mass is 32.2. The van der Waals surface area contributed by atoms with Crippen LogP contribution < -0.4 is 0 Å². The topological polar surface area (TPSA) is 17.1 Å². The lowest BCUT2D eigenvalue weighted by Gasteiger charge is -2.06. The lowest BCUT2D eigenvalue weighted by molar-refractivity contribution is 0.686. The van der Waals surface area contributed by atoms with Crippen LogP contribution in [-0.2, 0) is 10.8 Å². The predicted molar refractivity (Wildman–Crippen MR) is 58.3 cm³/mol. The van der Waals surface area contributed by atoms with Gasteiger partial charge in [-0.15, -0.1) is 11.8 Å². The van der Waals surface area contributed by atoms with Gasteiger partial charge in [-0.1, -0.05) is 18.2 Å². The third-order valence-corrected chi connectivity index (χ3v) is 5.58. The van der Waals surface area contributed by atoms with Gasteiger partial charge in [-0.05, 0) is 25.0 Å². The third kappa shape index (κ3) is 2.35. The van der Waals surface area contributed by atoms with Crippen molar-refractivity contribution in [3.63, 3.8) is 0 Å². The molecule has 13 heavy (non-hydrogen) atoms. The van der Waals surface area contributed by atoms with E-state index in [1.54, 1.807) is 11.8 Å². The Labute approximate surface area is 85.4 Å². The molecule has 1 fully saturated rings. The zero-order valence-electron chi connectivity index (χ0n) is 7.31. The summed E-state index contributed by atoms with van der Waals surface area (Å²) in [5.41, 5.74) is 0. The fourth-order valence-corrected chi connectivity index (χ4v) is 4.52. The molecule has 70 valence electrons. The van der Waals surface area contributed by atoms with Crippen LogP contribution in [0.1, 0.15) is 12.8 Å². The van der Waals surface area contributed by atoms with E-state index in [9.17, 15) is 4.21 Å². The molecule has 2 rings (SSSR count). The number of thioether (sulfide) groups is 1. The monoisotopic (exact) mass is 212 g/mol. The van der Waals surface area contributed by atoms with Crippen molar-refractivity contribution in [1.82, 2.24) is 0 Å². The lowest BCUT2D eigenvalue weighted by atomic mass is 10.4. The maximum absolute atomic E-state index is 11.5. The van der Waals surface area contributed by atoms with Crippen LogP contribution in [0.15, 0.2) is 35.2 Å². The maximum atomic E-state index is 11.5. The van der Waals surface area contributed by atoms with Gasteiger partial charge in [0.15, 0.2) is 0 Å². The van der Waals surface area contributed by atoms with E-state index < -0.39 is 10.8 Å². The number of benzene rings is 1. The van der Waals surface area contributed by atoms with Crippen LogP contribution in [0.4, 0.5) is 0 Å². The largest absolute Gasteiger partial charge is 0.258 e. The maximum Gasteiger partial charge on any atom is 0.0848 e. The summed E-state index contributed by atoms with van der Waals surface area (Å²) in [6.45, 7) is 0. The van der Waals surface area contributed by atoms with Crippen LogP contribution in [0, 0.1) is 0 Å². The molecule has 0 aromatic heterocycles. The molecular weight excluding hydrogens is 200 g/mol. The van der Waals surface area contributed by atoms with E-state index >= 15 is 0 Å². The summed E-state index contributed by atoms with van der Waals surface area (Å²) in [5, 5.41) is 0. The van der Waals surface area contributed by atoms with Crippen LogP contribution in [0.3, 0.4) is 0 Å². The molecular formula is C10H12OS2. The van der Waals surface area contributed by atoms with E-state index in [1.165, 1.54) is 4.90 Å². The van der Waals surface area contributed by atoms with E-state index in [0.29, 0.717) is 4.58 Å². The van der Waals surface area contributed by atoms with Gasteiger partial charge in [0.25, 0.3) is 0 Å². The smallest absolute Gasteiger partial charge is 0.0848 e. The van der Waals surface area contributed by atoms with Gasteiger partial charge in [0.2, 0.25) is 0 Å². The van der Waals surface area contributed by atoms with Gasteiger partial charge >= 0.3 is 0 Å². The van der Waals surface area contributed by atoms with Crippen molar-refractivity contribution >= 4 is 22.6 Å². The summed E-state index contributed by atoms with van der Waals surface area (Å²) in [7, 11) is -0.598. The molecule has 0 radical (unpaired) electrons. The number of hydrogen-bond donors (Lipinski definition) is 0. The fraction of sp³-hybridized carbons (Fsp3) is 0.400. The van der Waals surface area contributed by atoms with E-state index in [4.69, 9.17) is 0 Å². The normalized spacial score (nSPS) is 27.7. The molecule has 0 amide bonds. The Kier molecular flexibility index (Phi) is 3.06. The first-order chi connectivity index (χ1) is 6.36. The zero-order valence-corrected chi connectivity index (χ0v) is 8.94. The van der Waals surface area contributed by atoms with E-state index in [2.05, 4.69) is 12.1 Å². The summed E-state index contributed by atoms with van der Waals surface area (Å²) in [6, 6.07) is 10.2. The molecule has 1 heterocycles. The van der Waals surface area contributed by atoms with Crippen molar-refractivity contribution in [1.29, 1.82) is 0 Å². The van der Waals surface area contributed by atoms with Crippen LogP contribution in [0.5, 0.6) is 0 Å². The zero-order chi connectivity index (χ0) is 9.10. The molecule has 1 nitrogen and oxygen atoms in total. The summed E-state index contributed by atoms with van der Waals surface area (Å²) < 4.78 is 11.8. The number of hydrogen-bond acceptors (Lipinski definition) is 2. The average Bonchev–Trinajstić information content (AvgIpc) is 2.54. The summed E-state index contributed by atoms with van der Waals surface area (Å²) in [4.78, 5) is 1.24. The Morgan fingerprint density at radius 3 is 2.69 bits per heavy atom. The third-order valence-electron chi connectivity index (χ3n) is 2.09. The average molecular weight is 212 g/mol. The Morgan fingerprint density at radius 1 is 1.31 bits per heavy atom. The molecule has 0 N–H and O–H groups in total. The molecule has 0 spiro atoms. The van der Waals surface area contributed by atoms with Gasteiger partial charge in [-0.3, -0.25) is 4.21 Å². The lowest BCUT2D eigenvalue weighted by Crippen LogP contribution is -2.02. The van der Waals surface area contributed by atoms with Gasteiger partial charge in [0.05, 0.1) is 4.58 Å². The Bertz CT molecular complexity index is 297. The highest BCUT2D eigenvalue weighted by Crippen LogP contribution is 2.32. The van der Waals surface area contributed by atoms with Gasteiger partial charge in [0.1, 0.15) is 0 Å². The van der Waals surface area contributed by atoms with Crippen molar-refractivity contribution in [2.75, 3.05) is 5.75 Å². The minimum absolute atomic E-state index is 0.336. The molecule has 0 bridgehead atoms. The van der Waals surface area contributed by atoms with Gasteiger partial charge in [-0.2, -0.15) is 0 Å². The van der Waals surface area contributed by atoms with E-state index in [-0.39, 0.29) is 0 Å². The second-order valence-electron chi connectivity index (χ2n) is 3.09. The fourth-order valence-electron chi connectivity index (χ4n) is 1.42. The van der Waals surface area contributed by atoms with Gasteiger partial charge < -0.3 is 0 Å². The molecule has 1 unspecified atom stereocenters. The predicted octanol–water partition coefficient (Wildman–Crippen LogP) is 2.65. The highest BCUT2D eigenvalue weighted by Gasteiger charge is 2.23. The summed E-state index contributed by atoms with van der Waals surface area (Å²) in [5.74, 6) is 0.893. The van der Waals surface area contributed by atoms with Crippen molar-refractivity contribution in [2.24, 2.45) is 0 Å². The molecule has 0 saturated carbocycles. The molecule has 1 aromatic carbocycles. The first-order valence-corrected chi connectivity index (χ1v) is 6.71. The highest BCUT2D eigenvalue weighted by molar-refractivity contribution is 8.11. The van der Waals surface area contributed by atoms with Crippen molar-refractivity contribution in [2.45, 2.75) is 22.3 Å². The first-order valence-electron chi connectivity index (χ1n) is 4.45. The first kappa shape index (κ1) is 9.28. The molecule has 1 saturated heterocycles. The van der Waals surface area contributed by atoms with Crippen molar-refractivity contribution in [3.8, 4) is 0 Å². The molecule has 1 aliphatic rings. The van der Waals surface area contributed by atoms with Crippen LogP contribution in [0.25, 0.3) is 0 Å². The van der Waals surface area contributed by atoms with Crippen LogP contribution in [0.2, 0.25) is 0 Å². The van der Waals surface area contributed by atoms with Gasteiger partial charge in [-0.25, -0.2) is 0 Å². The van der Waals surface area contributed by atoms with Crippen molar-refractivity contribution in [3.05, 3.63) is 30.3 Å². The van der Waals surface area contributed by atoms with Crippen LogP contribution in [-0.4, -0.2) is 14.5 Å². The molecule has 2 atom stereocenters. The molecule has 3 heteroatoms. The van der Waals surface area contributed by atoms with E-state index in [0.717, 1.165) is 18.6 Å². The second-order valence-corrected chi connectivity index (χ2v) is 6.40. The Morgan fingerprint density at radius 2 is 2.08 bits per heavy atom. The minimum Gasteiger partial charge on any atom is -0.258 e. The quantitative estimate of drug-likeness (QED) is 0.749. The van der Waals surface area contributed by atoms with Crippen LogP contribution >= 0.6 is 11.8 Å². The molecule has 1 aromatic rings.